The number of hydrogen-bond acceptors (Lipinski definition) is 4. The molecule has 0 aliphatic carbocycles. The number of hydrogen-bond donors (Lipinski definition) is 1. The van der Waals surface area contributed by atoms with Crippen molar-refractivity contribution in [1.29, 1.82) is 0 Å². The molecule has 1 aromatic carbocycles. The molecule has 1 aromatic heterocycles. The van der Waals surface area contributed by atoms with Gasteiger partial charge in [-0.2, -0.15) is 4.98 Å². The van der Waals surface area contributed by atoms with Gasteiger partial charge in [0.05, 0.1) is 6.04 Å². The van der Waals surface area contributed by atoms with Gasteiger partial charge in [0.2, 0.25) is 0 Å². The molecule has 0 spiro atoms. The fraction of sp³-hybridized carbons (Fsp3) is 0.500. The molecular formula is C16H23N3O. The first kappa shape index (κ1) is 14.7. The fourth-order valence-corrected chi connectivity index (χ4v) is 1.90. The van der Waals surface area contributed by atoms with Crippen LogP contribution in [-0.4, -0.2) is 10.1 Å². The zero-order chi connectivity index (χ0) is 14.9. The summed E-state index contributed by atoms with van der Waals surface area (Å²) in [7, 11) is 0. The maximum Gasteiger partial charge on any atom is 0.257 e. The highest BCUT2D eigenvalue weighted by Crippen LogP contribution is 2.26. The lowest BCUT2D eigenvalue weighted by molar-refractivity contribution is 0.400. The van der Waals surface area contributed by atoms with E-state index in [0.717, 1.165) is 5.56 Å². The van der Waals surface area contributed by atoms with Gasteiger partial charge in [0, 0.05) is 5.56 Å². The number of nitrogens with zero attached hydrogens (tertiary/aromatic N) is 2. The van der Waals surface area contributed by atoms with Crippen LogP contribution in [0.25, 0.3) is 11.5 Å². The standard InChI is InChI=1S/C16H23N3O/c1-10(2)13(17)14-18-15(20-19-14)11-6-8-12(9-7-11)16(3,4)5/h6-10,13H,17H2,1-5H3. The van der Waals surface area contributed by atoms with Crippen molar-refractivity contribution in [3.8, 4) is 11.5 Å². The van der Waals surface area contributed by atoms with Gasteiger partial charge in [-0.3, -0.25) is 0 Å². The lowest BCUT2D eigenvalue weighted by Crippen LogP contribution is -2.18. The summed E-state index contributed by atoms with van der Waals surface area (Å²) in [6.45, 7) is 10.6. The fourth-order valence-electron chi connectivity index (χ4n) is 1.90. The van der Waals surface area contributed by atoms with Crippen LogP contribution >= 0.6 is 0 Å². The second-order valence-electron chi connectivity index (χ2n) is 6.55. The number of benzene rings is 1. The van der Waals surface area contributed by atoms with Gasteiger partial charge >= 0.3 is 0 Å². The molecule has 1 unspecified atom stereocenters. The van der Waals surface area contributed by atoms with Crippen LogP contribution in [0.15, 0.2) is 28.8 Å². The highest BCUT2D eigenvalue weighted by molar-refractivity contribution is 5.53. The molecule has 4 heteroatoms. The van der Waals surface area contributed by atoms with E-state index >= 15 is 0 Å². The Labute approximate surface area is 120 Å². The third-order valence-corrected chi connectivity index (χ3v) is 3.46. The molecular weight excluding hydrogens is 250 g/mol. The SMILES string of the molecule is CC(C)C(N)c1noc(-c2ccc(C(C)(C)C)cc2)n1. The van der Waals surface area contributed by atoms with Crippen LogP contribution in [0.2, 0.25) is 0 Å². The van der Waals surface area contributed by atoms with Crippen molar-refractivity contribution < 1.29 is 4.52 Å². The summed E-state index contributed by atoms with van der Waals surface area (Å²) in [5.41, 5.74) is 8.36. The summed E-state index contributed by atoms with van der Waals surface area (Å²) in [4.78, 5) is 4.39. The summed E-state index contributed by atoms with van der Waals surface area (Å²) in [6.07, 6.45) is 0. The van der Waals surface area contributed by atoms with E-state index < -0.39 is 0 Å². The maximum absolute atomic E-state index is 6.03. The minimum Gasteiger partial charge on any atom is -0.334 e. The summed E-state index contributed by atoms with van der Waals surface area (Å²) in [5, 5.41) is 3.97. The lowest BCUT2D eigenvalue weighted by atomic mass is 9.87. The maximum atomic E-state index is 6.03. The van der Waals surface area contributed by atoms with Gasteiger partial charge in [0.25, 0.3) is 5.89 Å². The third-order valence-electron chi connectivity index (χ3n) is 3.46. The van der Waals surface area contributed by atoms with Crippen molar-refractivity contribution in [2.75, 3.05) is 0 Å². The first-order valence-corrected chi connectivity index (χ1v) is 6.99. The molecule has 1 heterocycles. The molecule has 0 saturated carbocycles. The van der Waals surface area contributed by atoms with Gasteiger partial charge in [0.15, 0.2) is 5.82 Å². The quantitative estimate of drug-likeness (QED) is 0.926. The average Bonchev–Trinajstić information content (AvgIpc) is 2.86. The Kier molecular flexibility index (Phi) is 3.95. The summed E-state index contributed by atoms with van der Waals surface area (Å²) < 4.78 is 5.31. The predicted molar refractivity (Wildman–Crippen MR) is 80.2 cm³/mol. The zero-order valence-corrected chi connectivity index (χ0v) is 12.8. The van der Waals surface area contributed by atoms with Gasteiger partial charge in [0.1, 0.15) is 0 Å². The lowest BCUT2D eigenvalue weighted by Gasteiger charge is -2.18. The number of nitrogens with two attached hydrogens (primary N) is 1. The van der Waals surface area contributed by atoms with E-state index in [0.29, 0.717) is 11.7 Å². The van der Waals surface area contributed by atoms with Gasteiger partial charge in [-0.15, -0.1) is 0 Å². The highest BCUT2D eigenvalue weighted by Gasteiger charge is 2.19. The first-order chi connectivity index (χ1) is 9.29. The molecule has 0 bridgehead atoms. The second kappa shape index (κ2) is 5.37. The summed E-state index contributed by atoms with van der Waals surface area (Å²) in [6, 6.07) is 8.03. The third kappa shape index (κ3) is 3.07. The van der Waals surface area contributed by atoms with E-state index in [1.165, 1.54) is 5.56 Å². The molecule has 2 rings (SSSR count). The molecule has 0 fully saturated rings. The molecule has 108 valence electrons. The smallest absolute Gasteiger partial charge is 0.257 e. The first-order valence-electron chi connectivity index (χ1n) is 6.99. The minimum atomic E-state index is -0.193. The molecule has 0 aliphatic rings. The molecule has 0 saturated heterocycles. The summed E-state index contributed by atoms with van der Waals surface area (Å²) >= 11 is 0. The molecule has 0 radical (unpaired) electrons. The van der Waals surface area contributed by atoms with Gasteiger partial charge in [-0.1, -0.05) is 51.9 Å². The zero-order valence-electron chi connectivity index (χ0n) is 12.8. The Hall–Kier alpha value is -1.68. The van der Waals surface area contributed by atoms with Crippen LogP contribution in [0.1, 0.15) is 52.0 Å². The van der Waals surface area contributed by atoms with E-state index in [4.69, 9.17) is 10.3 Å². The van der Waals surface area contributed by atoms with Crippen LogP contribution in [0.4, 0.5) is 0 Å². The van der Waals surface area contributed by atoms with Crippen LogP contribution in [-0.2, 0) is 5.41 Å². The Morgan fingerprint density at radius 3 is 2.20 bits per heavy atom. The van der Waals surface area contributed by atoms with Crippen molar-refractivity contribution in [3.05, 3.63) is 35.7 Å². The topological polar surface area (TPSA) is 64.9 Å². The Morgan fingerprint density at radius 1 is 1.10 bits per heavy atom. The van der Waals surface area contributed by atoms with Gasteiger partial charge in [-0.05, 0) is 29.0 Å². The van der Waals surface area contributed by atoms with Crippen molar-refractivity contribution in [2.45, 2.75) is 46.1 Å². The van der Waals surface area contributed by atoms with E-state index in [9.17, 15) is 0 Å². The van der Waals surface area contributed by atoms with Crippen molar-refractivity contribution in [3.63, 3.8) is 0 Å². The molecule has 2 aromatic rings. The van der Waals surface area contributed by atoms with Gasteiger partial charge < -0.3 is 10.3 Å². The predicted octanol–water partition coefficient (Wildman–Crippen LogP) is 3.69. The molecule has 0 amide bonds. The second-order valence-corrected chi connectivity index (χ2v) is 6.55. The van der Waals surface area contributed by atoms with E-state index in [1.807, 2.05) is 26.0 Å². The minimum absolute atomic E-state index is 0.137. The van der Waals surface area contributed by atoms with Gasteiger partial charge in [-0.25, -0.2) is 0 Å². The molecule has 1 atom stereocenters. The molecule has 0 aliphatic heterocycles. The molecule has 4 nitrogen and oxygen atoms in total. The van der Waals surface area contributed by atoms with Crippen molar-refractivity contribution in [1.82, 2.24) is 10.1 Å². The van der Waals surface area contributed by atoms with Crippen molar-refractivity contribution >= 4 is 0 Å². The van der Waals surface area contributed by atoms with Crippen LogP contribution in [0, 0.1) is 5.92 Å². The molecule has 2 N–H and O–H groups in total. The van der Waals surface area contributed by atoms with Crippen molar-refractivity contribution in [2.24, 2.45) is 11.7 Å². The normalized spacial score (nSPS) is 13.8. The van der Waals surface area contributed by atoms with E-state index in [-0.39, 0.29) is 17.4 Å². The van der Waals surface area contributed by atoms with Crippen LogP contribution < -0.4 is 5.73 Å². The highest BCUT2D eigenvalue weighted by atomic mass is 16.5. The summed E-state index contributed by atoms with van der Waals surface area (Å²) in [5.74, 6) is 1.37. The largest absolute Gasteiger partial charge is 0.334 e. The van der Waals surface area contributed by atoms with Crippen LogP contribution in [0.5, 0.6) is 0 Å². The van der Waals surface area contributed by atoms with E-state index in [1.54, 1.807) is 0 Å². The number of aromatic nitrogens is 2. The van der Waals surface area contributed by atoms with Crippen LogP contribution in [0.3, 0.4) is 0 Å². The Balaban J connectivity index is 2.25. The molecule has 20 heavy (non-hydrogen) atoms. The Morgan fingerprint density at radius 2 is 1.70 bits per heavy atom. The monoisotopic (exact) mass is 273 g/mol. The average molecular weight is 273 g/mol. The van der Waals surface area contributed by atoms with E-state index in [2.05, 4.69) is 43.0 Å². The number of rotatable bonds is 3. The Bertz CT molecular complexity index is 564.